The van der Waals surface area contributed by atoms with Gasteiger partial charge in [0.15, 0.2) is 0 Å². The highest BCUT2D eigenvalue weighted by Crippen LogP contribution is 2.28. The van der Waals surface area contributed by atoms with Crippen LogP contribution in [0.15, 0.2) is 47.5 Å². The Morgan fingerprint density at radius 2 is 1.82 bits per heavy atom. The average Bonchev–Trinajstić information content (AvgIpc) is 2.73. The molecule has 1 aliphatic rings. The number of anilines is 1. The number of fused-ring (bicyclic) bond motifs is 1. The van der Waals surface area contributed by atoms with Crippen molar-refractivity contribution >= 4 is 22.6 Å². The van der Waals surface area contributed by atoms with Gasteiger partial charge in [-0.25, -0.2) is 9.97 Å². The molecule has 2 aromatic heterocycles. The molecule has 0 aliphatic carbocycles. The van der Waals surface area contributed by atoms with Crippen LogP contribution in [-0.2, 0) is 0 Å². The van der Waals surface area contributed by atoms with E-state index in [1.165, 1.54) is 0 Å². The van der Waals surface area contributed by atoms with Crippen molar-refractivity contribution in [2.24, 2.45) is 0 Å². The van der Waals surface area contributed by atoms with Gasteiger partial charge in [0, 0.05) is 56.6 Å². The van der Waals surface area contributed by atoms with Crippen LogP contribution in [0.4, 0.5) is 5.95 Å². The summed E-state index contributed by atoms with van der Waals surface area (Å²) in [5.41, 5.74) is 1.40. The Kier molecular flexibility index (Phi) is 4.81. The fourth-order valence-electron chi connectivity index (χ4n) is 3.69. The van der Waals surface area contributed by atoms with Crippen LogP contribution in [0.3, 0.4) is 0 Å². The molecule has 0 bridgehead atoms. The lowest BCUT2D eigenvalue weighted by molar-refractivity contribution is 0.0711. The minimum atomic E-state index is -0.0512. The van der Waals surface area contributed by atoms with Gasteiger partial charge in [0.2, 0.25) is 5.95 Å². The lowest BCUT2D eigenvalue weighted by Crippen LogP contribution is -2.38. The molecule has 0 atom stereocenters. The number of rotatable bonds is 3. The third kappa shape index (κ3) is 3.47. The molecule has 144 valence electrons. The van der Waals surface area contributed by atoms with Crippen LogP contribution in [0.5, 0.6) is 0 Å². The Balaban J connectivity index is 1.46. The monoisotopic (exact) mass is 377 g/mol. The normalized spacial score (nSPS) is 15.0. The molecule has 1 fully saturated rings. The Hall–Kier alpha value is -3.22. The fraction of sp³-hybridized carbons (Fsp3) is 0.333. The first-order chi connectivity index (χ1) is 13.5. The third-order valence-corrected chi connectivity index (χ3v) is 5.28. The minimum Gasteiger partial charge on any atom is -0.347 e. The van der Waals surface area contributed by atoms with E-state index in [0.29, 0.717) is 30.0 Å². The highest BCUT2D eigenvalue weighted by Gasteiger charge is 2.26. The van der Waals surface area contributed by atoms with Gasteiger partial charge >= 0.3 is 0 Å². The van der Waals surface area contributed by atoms with E-state index in [-0.39, 0.29) is 17.4 Å². The number of piperidine rings is 1. The fourth-order valence-corrected chi connectivity index (χ4v) is 3.69. The van der Waals surface area contributed by atoms with Crippen LogP contribution in [0.25, 0.3) is 10.8 Å². The summed E-state index contributed by atoms with van der Waals surface area (Å²) in [4.78, 5) is 40.2. The summed E-state index contributed by atoms with van der Waals surface area (Å²) in [6.07, 6.45) is 4.79. The number of hydrogen-bond acceptors (Lipinski definition) is 5. The molecular weight excluding hydrogens is 354 g/mol. The molecule has 0 radical (unpaired) electrons. The zero-order valence-electron chi connectivity index (χ0n) is 16.1. The molecule has 28 heavy (non-hydrogen) atoms. The number of nitrogens with one attached hydrogen (secondary N) is 1. The molecular formula is C21H23N5O2. The molecule has 0 saturated carbocycles. The van der Waals surface area contributed by atoms with Gasteiger partial charge in [-0.05, 0) is 30.4 Å². The standard InChI is InChI=1S/C21H23N5O2/c1-25(2)21-22-12-16(13-23-21)20(28)26-9-7-14(8-10-26)18-11-15-5-3-4-6-17(15)19(27)24-18/h3-6,11-14H,7-10H2,1-2H3,(H,24,27). The molecule has 1 N–H and O–H groups in total. The van der Waals surface area contributed by atoms with Crippen LogP contribution in [0.2, 0.25) is 0 Å². The van der Waals surface area contributed by atoms with Gasteiger partial charge in [-0.3, -0.25) is 9.59 Å². The van der Waals surface area contributed by atoms with Crippen molar-refractivity contribution in [2.45, 2.75) is 18.8 Å². The molecule has 1 aromatic carbocycles. The number of pyridine rings is 1. The van der Waals surface area contributed by atoms with E-state index >= 15 is 0 Å². The number of H-pyrrole nitrogens is 1. The second-order valence-electron chi connectivity index (χ2n) is 7.37. The van der Waals surface area contributed by atoms with E-state index in [9.17, 15) is 9.59 Å². The quantitative estimate of drug-likeness (QED) is 0.758. The molecule has 7 heteroatoms. The average molecular weight is 377 g/mol. The SMILES string of the molecule is CN(C)c1ncc(C(=O)N2CCC(c3cc4ccccc4c(=O)[nH]3)CC2)cn1. The lowest BCUT2D eigenvalue weighted by Gasteiger charge is -2.32. The summed E-state index contributed by atoms with van der Waals surface area (Å²) in [6.45, 7) is 1.29. The topological polar surface area (TPSA) is 82.2 Å². The third-order valence-electron chi connectivity index (χ3n) is 5.28. The molecule has 4 rings (SSSR count). The highest BCUT2D eigenvalue weighted by molar-refractivity contribution is 5.93. The summed E-state index contributed by atoms with van der Waals surface area (Å²) < 4.78 is 0. The van der Waals surface area contributed by atoms with Gasteiger partial charge in [0.25, 0.3) is 11.5 Å². The second-order valence-corrected chi connectivity index (χ2v) is 7.37. The Labute approximate surface area is 163 Å². The number of hydrogen-bond donors (Lipinski definition) is 1. The summed E-state index contributed by atoms with van der Waals surface area (Å²) >= 11 is 0. The molecule has 0 spiro atoms. The van der Waals surface area contributed by atoms with Crippen molar-refractivity contribution in [3.8, 4) is 0 Å². The number of benzene rings is 1. The summed E-state index contributed by atoms with van der Waals surface area (Å²) in [7, 11) is 3.72. The van der Waals surface area contributed by atoms with E-state index in [2.05, 4.69) is 21.0 Å². The molecule has 1 aliphatic heterocycles. The number of carbonyl (C=O) groups excluding carboxylic acids is 1. The lowest BCUT2D eigenvalue weighted by atomic mass is 9.92. The first kappa shape index (κ1) is 18.2. The predicted molar refractivity (Wildman–Crippen MR) is 109 cm³/mol. The van der Waals surface area contributed by atoms with Crippen LogP contribution in [0, 0.1) is 0 Å². The van der Waals surface area contributed by atoms with Crippen molar-refractivity contribution < 1.29 is 4.79 Å². The van der Waals surface area contributed by atoms with Crippen molar-refractivity contribution in [2.75, 3.05) is 32.1 Å². The smallest absolute Gasteiger partial charge is 0.256 e. The van der Waals surface area contributed by atoms with Crippen LogP contribution >= 0.6 is 0 Å². The minimum absolute atomic E-state index is 0.0456. The Morgan fingerprint density at radius 3 is 2.50 bits per heavy atom. The van der Waals surface area contributed by atoms with Gasteiger partial charge in [0.1, 0.15) is 0 Å². The van der Waals surface area contributed by atoms with Gasteiger partial charge < -0.3 is 14.8 Å². The van der Waals surface area contributed by atoms with E-state index in [0.717, 1.165) is 23.9 Å². The predicted octanol–water partition coefficient (Wildman–Crippen LogP) is 2.40. The van der Waals surface area contributed by atoms with Gasteiger partial charge in [0.05, 0.1) is 5.56 Å². The maximum absolute atomic E-state index is 12.7. The van der Waals surface area contributed by atoms with Gasteiger partial charge in [-0.2, -0.15) is 0 Å². The zero-order valence-corrected chi connectivity index (χ0v) is 16.1. The number of aromatic nitrogens is 3. The van der Waals surface area contributed by atoms with E-state index in [4.69, 9.17) is 0 Å². The Bertz CT molecular complexity index is 1050. The van der Waals surface area contributed by atoms with Crippen molar-refractivity contribution in [1.29, 1.82) is 0 Å². The summed E-state index contributed by atoms with van der Waals surface area (Å²) in [5, 5.41) is 1.66. The number of likely N-dealkylation sites (tertiary alicyclic amines) is 1. The summed E-state index contributed by atoms with van der Waals surface area (Å²) in [6, 6.07) is 9.67. The largest absolute Gasteiger partial charge is 0.347 e. The summed E-state index contributed by atoms with van der Waals surface area (Å²) in [5.74, 6) is 0.778. The maximum atomic E-state index is 12.7. The van der Waals surface area contributed by atoms with Crippen molar-refractivity contribution in [3.63, 3.8) is 0 Å². The van der Waals surface area contributed by atoms with Crippen LogP contribution in [0.1, 0.15) is 34.8 Å². The molecule has 1 saturated heterocycles. The first-order valence-electron chi connectivity index (χ1n) is 9.43. The van der Waals surface area contributed by atoms with Gasteiger partial charge in [-0.1, -0.05) is 18.2 Å². The Morgan fingerprint density at radius 1 is 1.14 bits per heavy atom. The number of aromatic amines is 1. The molecule has 3 aromatic rings. The molecule has 3 heterocycles. The van der Waals surface area contributed by atoms with Crippen molar-refractivity contribution in [1.82, 2.24) is 19.9 Å². The zero-order chi connectivity index (χ0) is 19.7. The number of nitrogens with zero attached hydrogens (tertiary/aromatic N) is 4. The number of amides is 1. The number of carbonyl (C=O) groups is 1. The van der Waals surface area contributed by atoms with E-state index < -0.39 is 0 Å². The van der Waals surface area contributed by atoms with Gasteiger partial charge in [-0.15, -0.1) is 0 Å². The van der Waals surface area contributed by atoms with E-state index in [1.54, 1.807) is 17.3 Å². The second kappa shape index (κ2) is 7.42. The first-order valence-corrected chi connectivity index (χ1v) is 9.43. The highest BCUT2D eigenvalue weighted by atomic mass is 16.2. The van der Waals surface area contributed by atoms with Crippen molar-refractivity contribution in [3.05, 3.63) is 64.3 Å². The maximum Gasteiger partial charge on any atom is 0.256 e. The molecule has 7 nitrogen and oxygen atoms in total. The van der Waals surface area contributed by atoms with Crippen LogP contribution in [-0.4, -0.2) is 52.9 Å². The molecule has 0 unspecified atom stereocenters. The molecule has 1 amide bonds. The van der Waals surface area contributed by atoms with E-state index in [1.807, 2.05) is 43.3 Å². The van der Waals surface area contributed by atoms with Crippen LogP contribution < -0.4 is 10.5 Å².